The number of hydrogen-bond acceptors (Lipinski definition) is 2. The van der Waals surface area contributed by atoms with Crippen LogP contribution in [0.3, 0.4) is 0 Å². The summed E-state index contributed by atoms with van der Waals surface area (Å²) in [5, 5.41) is 2.71. The smallest absolute Gasteiger partial charge is 0.248 e. The maximum Gasteiger partial charge on any atom is 0.248 e. The fourth-order valence-electron chi connectivity index (χ4n) is 1.01. The van der Waals surface area contributed by atoms with Gasteiger partial charge in [0.25, 0.3) is 0 Å². The number of rotatable bonds is 3. The number of nitrogens with one attached hydrogen (secondary N) is 1. The van der Waals surface area contributed by atoms with Crippen LogP contribution < -0.4 is 10.1 Å². The topological polar surface area (TPSA) is 38.3 Å². The molecule has 0 aromatic heterocycles. The number of allylic oxidation sites excluding steroid dienone is 1. The van der Waals surface area contributed by atoms with E-state index in [0.29, 0.717) is 0 Å². The molecule has 14 heavy (non-hydrogen) atoms. The van der Waals surface area contributed by atoms with Crippen molar-refractivity contribution in [3.8, 4) is 5.75 Å². The number of benzene rings is 1. The molecule has 0 radical (unpaired) electrons. The van der Waals surface area contributed by atoms with Crippen molar-refractivity contribution in [2.45, 2.75) is 6.92 Å². The van der Waals surface area contributed by atoms with Gasteiger partial charge in [0.1, 0.15) is 5.75 Å². The second kappa shape index (κ2) is 5.07. The highest BCUT2D eigenvalue weighted by atomic mass is 16.5. The summed E-state index contributed by atoms with van der Waals surface area (Å²) in [6, 6.07) is 7.18. The van der Waals surface area contributed by atoms with E-state index in [-0.39, 0.29) is 5.91 Å². The van der Waals surface area contributed by atoms with Gasteiger partial charge in [0.2, 0.25) is 5.91 Å². The molecule has 0 atom stereocenters. The highest BCUT2D eigenvalue weighted by Crippen LogP contribution is 2.14. The fourth-order valence-corrected chi connectivity index (χ4v) is 1.01. The van der Waals surface area contributed by atoms with E-state index >= 15 is 0 Å². The van der Waals surface area contributed by atoms with Crippen molar-refractivity contribution >= 4 is 11.6 Å². The van der Waals surface area contributed by atoms with Gasteiger partial charge >= 0.3 is 0 Å². The molecule has 0 fully saturated rings. The van der Waals surface area contributed by atoms with Gasteiger partial charge in [-0.15, -0.1) is 0 Å². The van der Waals surface area contributed by atoms with E-state index < -0.39 is 0 Å². The van der Waals surface area contributed by atoms with Gasteiger partial charge in [0, 0.05) is 5.69 Å². The minimum absolute atomic E-state index is 0.127. The molecule has 0 heterocycles. The molecule has 0 spiro atoms. The number of carbonyl (C=O) groups is 1. The SMILES string of the molecule is C/C=C/C(=O)Nc1ccc(OC)cc1. The minimum Gasteiger partial charge on any atom is -0.497 e. The Morgan fingerprint density at radius 2 is 2.00 bits per heavy atom. The van der Waals surface area contributed by atoms with Gasteiger partial charge in [0.15, 0.2) is 0 Å². The summed E-state index contributed by atoms with van der Waals surface area (Å²) in [6.45, 7) is 1.80. The first-order valence-corrected chi connectivity index (χ1v) is 4.34. The summed E-state index contributed by atoms with van der Waals surface area (Å²) < 4.78 is 4.99. The standard InChI is InChI=1S/C11H13NO2/c1-3-4-11(13)12-9-5-7-10(14-2)8-6-9/h3-8H,1-2H3,(H,12,13)/b4-3+. The van der Waals surface area contributed by atoms with Crippen LogP contribution in [-0.4, -0.2) is 13.0 Å². The first-order chi connectivity index (χ1) is 6.76. The van der Waals surface area contributed by atoms with Crippen molar-refractivity contribution in [1.82, 2.24) is 0 Å². The van der Waals surface area contributed by atoms with Gasteiger partial charge in [-0.1, -0.05) is 6.08 Å². The van der Waals surface area contributed by atoms with Crippen molar-refractivity contribution in [3.05, 3.63) is 36.4 Å². The second-order valence-electron chi connectivity index (χ2n) is 2.72. The molecule has 3 nitrogen and oxygen atoms in total. The number of anilines is 1. The molecule has 0 aliphatic heterocycles. The number of ether oxygens (including phenoxy) is 1. The van der Waals surface area contributed by atoms with E-state index in [9.17, 15) is 4.79 Å². The summed E-state index contributed by atoms with van der Waals surface area (Å²) in [4.78, 5) is 11.1. The maximum absolute atomic E-state index is 11.1. The normalized spacial score (nSPS) is 10.1. The first kappa shape index (κ1) is 10.3. The van der Waals surface area contributed by atoms with Crippen LogP contribution in [0.15, 0.2) is 36.4 Å². The molecule has 0 aliphatic rings. The Hall–Kier alpha value is -1.77. The van der Waals surface area contributed by atoms with Crippen LogP contribution >= 0.6 is 0 Å². The van der Waals surface area contributed by atoms with E-state index in [1.807, 2.05) is 0 Å². The zero-order valence-corrected chi connectivity index (χ0v) is 8.28. The zero-order chi connectivity index (χ0) is 10.4. The van der Waals surface area contributed by atoms with Crippen molar-refractivity contribution in [2.75, 3.05) is 12.4 Å². The maximum atomic E-state index is 11.1. The van der Waals surface area contributed by atoms with Crippen LogP contribution in [0.4, 0.5) is 5.69 Å². The Kier molecular flexibility index (Phi) is 3.73. The van der Waals surface area contributed by atoms with E-state index in [2.05, 4.69) is 5.32 Å². The number of carbonyl (C=O) groups excluding carboxylic acids is 1. The Bertz CT molecular complexity index is 328. The molecule has 0 unspecified atom stereocenters. The average Bonchev–Trinajstić information content (AvgIpc) is 2.19. The zero-order valence-electron chi connectivity index (χ0n) is 8.28. The fraction of sp³-hybridized carbons (Fsp3) is 0.182. The van der Waals surface area contributed by atoms with Crippen molar-refractivity contribution < 1.29 is 9.53 Å². The predicted octanol–water partition coefficient (Wildman–Crippen LogP) is 2.21. The second-order valence-corrected chi connectivity index (χ2v) is 2.72. The van der Waals surface area contributed by atoms with Crippen molar-refractivity contribution in [2.24, 2.45) is 0 Å². The van der Waals surface area contributed by atoms with Crippen LogP contribution in [0.25, 0.3) is 0 Å². The van der Waals surface area contributed by atoms with Gasteiger partial charge in [-0.05, 0) is 37.3 Å². The van der Waals surface area contributed by atoms with Gasteiger partial charge in [0.05, 0.1) is 7.11 Å². The third-order valence-corrected chi connectivity index (χ3v) is 1.68. The Morgan fingerprint density at radius 3 is 2.50 bits per heavy atom. The molecule has 74 valence electrons. The van der Waals surface area contributed by atoms with Crippen LogP contribution in [0.5, 0.6) is 5.75 Å². The lowest BCUT2D eigenvalue weighted by Gasteiger charge is -2.03. The summed E-state index contributed by atoms with van der Waals surface area (Å²) in [5.41, 5.74) is 0.758. The Labute approximate surface area is 83.4 Å². The highest BCUT2D eigenvalue weighted by molar-refractivity contribution is 5.99. The van der Waals surface area contributed by atoms with E-state index in [0.717, 1.165) is 11.4 Å². The molecule has 1 N–H and O–H groups in total. The molecule has 0 aliphatic carbocycles. The summed E-state index contributed by atoms with van der Waals surface area (Å²) in [5.74, 6) is 0.645. The van der Waals surface area contributed by atoms with Crippen LogP contribution in [0.1, 0.15) is 6.92 Å². The van der Waals surface area contributed by atoms with Crippen LogP contribution in [0, 0.1) is 0 Å². The number of amides is 1. The molecular weight excluding hydrogens is 178 g/mol. The Balaban J connectivity index is 2.64. The first-order valence-electron chi connectivity index (χ1n) is 4.34. The van der Waals surface area contributed by atoms with Gasteiger partial charge in [-0.25, -0.2) is 0 Å². The molecule has 0 bridgehead atoms. The van der Waals surface area contributed by atoms with Gasteiger partial charge < -0.3 is 10.1 Å². The molecule has 1 aromatic carbocycles. The van der Waals surface area contributed by atoms with E-state index in [1.54, 1.807) is 44.4 Å². The Morgan fingerprint density at radius 1 is 1.36 bits per heavy atom. The summed E-state index contributed by atoms with van der Waals surface area (Å²) in [7, 11) is 1.60. The molecule has 1 rings (SSSR count). The van der Waals surface area contributed by atoms with Gasteiger partial charge in [-0.2, -0.15) is 0 Å². The van der Waals surface area contributed by atoms with Crippen LogP contribution in [0.2, 0.25) is 0 Å². The lowest BCUT2D eigenvalue weighted by Crippen LogP contribution is -2.07. The largest absolute Gasteiger partial charge is 0.497 e. The van der Waals surface area contributed by atoms with Gasteiger partial charge in [-0.3, -0.25) is 4.79 Å². The third kappa shape index (κ3) is 2.94. The highest BCUT2D eigenvalue weighted by Gasteiger charge is 1.96. The molecule has 0 saturated carbocycles. The number of methoxy groups -OCH3 is 1. The molecule has 0 saturated heterocycles. The lowest BCUT2D eigenvalue weighted by molar-refractivity contribution is -0.111. The predicted molar refractivity (Wildman–Crippen MR) is 56.4 cm³/mol. The molecule has 1 aromatic rings. The minimum atomic E-state index is -0.127. The molecular formula is C11H13NO2. The van der Waals surface area contributed by atoms with Crippen LogP contribution in [-0.2, 0) is 4.79 Å². The monoisotopic (exact) mass is 191 g/mol. The van der Waals surface area contributed by atoms with Crippen molar-refractivity contribution in [3.63, 3.8) is 0 Å². The average molecular weight is 191 g/mol. The number of hydrogen-bond donors (Lipinski definition) is 1. The lowest BCUT2D eigenvalue weighted by atomic mass is 10.3. The summed E-state index contributed by atoms with van der Waals surface area (Å²) in [6.07, 6.45) is 3.17. The third-order valence-electron chi connectivity index (χ3n) is 1.68. The van der Waals surface area contributed by atoms with E-state index in [1.165, 1.54) is 6.08 Å². The summed E-state index contributed by atoms with van der Waals surface area (Å²) >= 11 is 0. The van der Waals surface area contributed by atoms with Crippen molar-refractivity contribution in [1.29, 1.82) is 0 Å². The van der Waals surface area contributed by atoms with E-state index in [4.69, 9.17) is 4.74 Å². The quantitative estimate of drug-likeness (QED) is 0.744. The molecule has 1 amide bonds. The molecule has 3 heteroatoms.